The highest BCUT2D eigenvalue weighted by Gasteiger charge is 2.04. The number of hydrogen-bond acceptors (Lipinski definition) is 4. The van der Waals surface area contributed by atoms with Crippen LogP contribution in [0.2, 0.25) is 0 Å². The van der Waals surface area contributed by atoms with E-state index in [1.54, 1.807) is 7.05 Å². The average Bonchev–Trinajstić information content (AvgIpc) is 2.24. The van der Waals surface area contributed by atoms with Crippen LogP contribution in [-0.4, -0.2) is 29.5 Å². The van der Waals surface area contributed by atoms with Gasteiger partial charge in [-0.1, -0.05) is 0 Å². The van der Waals surface area contributed by atoms with Crippen LogP contribution in [0.4, 0.5) is 5.82 Å². The van der Waals surface area contributed by atoms with E-state index >= 15 is 0 Å². The molecule has 0 aliphatic rings. The summed E-state index contributed by atoms with van der Waals surface area (Å²) in [5.74, 6) is 0.367. The normalized spacial score (nSPS) is 9.73. The molecule has 1 heterocycles. The summed E-state index contributed by atoms with van der Waals surface area (Å²) in [6, 6.07) is 0. The van der Waals surface area contributed by atoms with Gasteiger partial charge < -0.3 is 15.6 Å². The van der Waals surface area contributed by atoms with E-state index in [4.69, 9.17) is 0 Å². The number of carbonyl (C=O) groups excluding carboxylic acids is 1. The predicted octanol–water partition coefficient (Wildman–Crippen LogP) is 0.0804. The Hall–Kier alpha value is -1.37. The van der Waals surface area contributed by atoms with Gasteiger partial charge in [-0.25, -0.2) is 4.98 Å². The van der Waals surface area contributed by atoms with Gasteiger partial charge in [-0.3, -0.25) is 9.59 Å². The van der Waals surface area contributed by atoms with Crippen molar-refractivity contribution in [2.75, 3.05) is 18.9 Å². The van der Waals surface area contributed by atoms with E-state index in [2.05, 4.69) is 36.5 Å². The summed E-state index contributed by atoms with van der Waals surface area (Å²) in [7, 11) is 1.57. The summed E-state index contributed by atoms with van der Waals surface area (Å²) in [5, 5.41) is 5.38. The number of nitrogens with zero attached hydrogens (tertiary/aromatic N) is 1. The zero-order valence-corrected chi connectivity index (χ0v) is 9.72. The van der Waals surface area contributed by atoms with Crippen molar-refractivity contribution in [2.24, 2.45) is 0 Å². The molecule has 0 saturated heterocycles. The molecule has 6 nitrogen and oxygen atoms in total. The molecule has 0 aromatic carbocycles. The van der Waals surface area contributed by atoms with E-state index in [0.29, 0.717) is 23.3 Å². The van der Waals surface area contributed by atoms with Crippen molar-refractivity contribution in [3.63, 3.8) is 0 Å². The summed E-state index contributed by atoms with van der Waals surface area (Å²) in [6.45, 7) is 0.425. The van der Waals surface area contributed by atoms with Crippen LogP contribution in [0, 0.1) is 0 Å². The van der Waals surface area contributed by atoms with Crippen LogP contribution in [-0.2, 0) is 4.79 Å². The number of aromatic nitrogens is 2. The summed E-state index contributed by atoms with van der Waals surface area (Å²) >= 11 is 3.10. The Morgan fingerprint density at radius 1 is 1.67 bits per heavy atom. The van der Waals surface area contributed by atoms with Crippen LogP contribution >= 0.6 is 15.9 Å². The first kappa shape index (κ1) is 11.7. The largest absolute Gasteiger partial charge is 0.368 e. The Labute approximate surface area is 94.6 Å². The van der Waals surface area contributed by atoms with Gasteiger partial charge in [0.15, 0.2) is 0 Å². The van der Waals surface area contributed by atoms with Gasteiger partial charge >= 0.3 is 0 Å². The van der Waals surface area contributed by atoms with Crippen molar-refractivity contribution in [3.05, 3.63) is 21.2 Å². The molecule has 0 bridgehead atoms. The third-order valence-electron chi connectivity index (χ3n) is 1.72. The van der Waals surface area contributed by atoms with Gasteiger partial charge in [-0.15, -0.1) is 0 Å². The Kier molecular flexibility index (Phi) is 4.29. The lowest BCUT2D eigenvalue weighted by Gasteiger charge is -2.05. The topological polar surface area (TPSA) is 86.9 Å². The van der Waals surface area contributed by atoms with Gasteiger partial charge in [0.05, 0.1) is 6.33 Å². The fourth-order valence-electron chi connectivity index (χ4n) is 0.926. The number of nitrogens with one attached hydrogen (secondary N) is 3. The van der Waals surface area contributed by atoms with Crippen LogP contribution in [0.3, 0.4) is 0 Å². The molecule has 3 N–H and O–H groups in total. The highest BCUT2D eigenvalue weighted by Crippen LogP contribution is 2.12. The first-order valence-corrected chi connectivity index (χ1v) is 5.12. The Bertz CT molecular complexity index is 404. The van der Waals surface area contributed by atoms with Gasteiger partial charge in [0.2, 0.25) is 5.91 Å². The van der Waals surface area contributed by atoms with Crippen LogP contribution in [0.1, 0.15) is 6.42 Å². The smallest absolute Gasteiger partial charge is 0.267 e. The molecule has 1 amide bonds. The molecule has 1 aromatic heterocycles. The lowest BCUT2D eigenvalue weighted by molar-refractivity contribution is -0.120. The molecule has 7 heteroatoms. The van der Waals surface area contributed by atoms with Crippen molar-refractivity contribution in [2.45, 2.75) is 6.42 Å². The number of halogens is 1. The van der Waals surface area contributed by atoms with Crippen molar-refractivity contribution in [3.8, 4) is 0 Å². The molecule has 0 radical (unpaired) electrons. The van der Waals surface area contributed by atoms with E-state index in [9.17, 15) is 9.59 Å². The molecule has 0 unspecified atom stereocenters. The van der Waals surface area contributed by atoms with Gasteiger partial charge in [-0.05, 0) is 15.9 Å². The summed E-state index contributed by atoms with van der Waals surface area (Å²) in [4.78, 5) is 28.4. The molecule has 1 rings (SSSR count). The van der Waals surface area contributed by atoms with Crippen molar-refractivity contribution < 1.29 is 4.79 Å². The Balaban J connectivity index is 2.55. The first-order chi connectivity index (χ1) is 7.15. The van der Waals surface area contributed by atoms with Gasteiger partial charge in [0.25, 0.3) is 5.56 Å². The molecule has 0 atom stereocenters. The van der Waals surface area contributed by atoms with Crippen molar-refractivity contribution >= 4 is 27.7 Å². The number of hydrogen-bond donors (Lipinski definition) is 3. The van der Waals surface area contributed by atoms with E-state index < -0.39 is 0 Å². The molecule has 0 fully saturated rings. The quantitative estimate of drug-likeness (QED) is 0.726. The van der Waals surface area contributed by atoms with Crippen molar-refractivity contribution in [1.82, 2.24) is 15.3 Å². The minimum absolute atomic E-state index is 0.0662. The van der Waals surface area contributed by atoms with E-state index in [-0.39, 0.29) is 11.5 Å². The number of H-pyrrole nitrogens is 1. The fraction of sp³-hybridized carbons (Fsp3) is 0.375. The SMILES string of the molecule is CNC(=O)CCNc1nc[nH]c(=O)c1Br. The minimum Gasteiger partial charge on any atom is -0.368 e. The minimum atomic E-state index is -0.257. The molecule has 0 aliphatic carbocycles. The predicted molar refractivity (Wildman–Crippen MR) is 59.7 cm³/mol. The molecule has 0 aliphatic heterocycles. The summed E-state index contributed by atoms with van der Waals surface area (Å²) in [6.07, 6.45) is 1.63. The Morgan fingerprint density at radius 2 is 2.40 bits per heavy atom. The molecule has 0 saturated carbocycles. The van der Waals surface area contributed by atoms with E-state index in [1.807, 2.05) is 0 Å². The van der Waals surface area contributed by atoms with Crippen LogP contribution in [0.15, 0.2) is 15.6 Å². The average molecular weight is 275 g/mol. The number of rotatable bonds is 4. The maximum Gasteiger partial charge on any atom is 0.267 e. The second-order valence-corrected chi connectivity index (χ2v) is 3.54. The highest BCUT2D eigenvalue weighted by atomic mass is 79.9. The number of aromatic amines is 1. The zero-order chi connectivity index (χ0) is 11.3. The van der Waals surface area contributed by atoms with E-state index in [1.165, 1.54) is 6.33 Å². The molecule has 82 valence electrons. The summed E-state index contributed by atoms with van der Waals surface area (Å²) in [5.41, 5.74) is -0.257. The lowest BCUT2D eigenvalue weighted by atomic mass is 10.4. The fourth-order valence-corrected chi connectivity index (χ4v) is 1.28. The Morgan fingerprint density at radius 3 is 3.07 bits per heavy atom. The third-order valence-corrected chi connectivity index (χ3v) is 2.46. The third kappa shape index (κ3) is 3.35. The second kappa shape index (κ2) is 5.50. The number of anilines is 1. The maximum absolute atomic E-state index is 11.1. The highest BCUT2D eigenvalue weighted by molar-refractivity contribution is 9.10. The number of amides is 1. The second-order valence-electron chi connectivity index (χ2n) is 2.74. The lowest BCUT2D eigenvalue weighted by Crippen LogP contribution is -2.21. The monoisotopic (exact) mass is 274 g/mol. The standard InChI is InChI=1S/C8H11BrN4O2/c1-10-5(14)2-3-11-7-6(9)8(15)13-4-12-7/h4H,2-3H2,1H3,(H,10,14)(H2,11,12,13,15). The zero-order valence-electron chi connectivity index (χ0n) is 8.13. The molecule has 0 spiro atoms. The molecular weight excluding hydrogens is 264 g/mol. The molecule has 1 aromatic rings. The molecular formula is C8H11BrN4O2. The summed E-state index contributed by atoms with van der Waals surface area (Å²) < 4.78 is 0.335. The van der Waals surface area contributed by atoms with Crippen LogP contribution in [0.5, 0.6) is 0 Å². The van der Waals surface area contributed by atoms with Gasteiger partial charge in [-0.2, -0.15) is 0 Å². The van der Waals surface area contributed by atoms with Crippen molar-refractivity contribution in [1.29, 1.82) is 0 Å². The first-order valence-electron chi connectivity index (χ1n) is 4.32. The molecule has 15 heavy (non-hydrogen) atoms. The number of carbonyl (C=O) groups is 1. The van der Waals surface area contributed by atoms with Gasteiger partial charge in [0, 0.05) is 20.0 Å². The van der Waals surface area contributed by atoms with Crippen LogP contribution in [0.25, 0.3) is 0 Å². The van der Waals surface area contributed by atoms with E-state index in [0.717, 1.165) is 0 Å². The van der Waals surface area contributed by atoms with Crippen LogP contribution < -0.4 is 16.2 Å². The maximum atomic E-state index is 11.1. The van der Waals surface area contributed by atoms with Gasteiger partial charge in [0.1, 0.15) is 10.3 Å².